The number of hydrogen-bond acceptors (Lipinski definition) is 4. The number of fused-ring (bicyclic) bond motifs is 1. The first-order valence-corrected chi connectivity index (χ1v) is 7.18. The minimum absolute atomic E-state index is 0.0414. The lowest BCUT2D eigenvalue weighted by Crippen LogP contribution is -2.39. The molecular weight excluding hydrogens is 266 g/mol. The van der Waals surface area contributed by atoms with E-state index in [0.717, 1.165) is 31.0 Å². The molecule has 4 heteroatoms. The molecule has 0 radical (unpaired) electrons. The number of para-hydroxylation sites is 2. The van der Waals surface area contributed by atoms with Gasteiger partial charge in [-0.2, -0.15) is 0 Å². The lowest BCUT2D eigenvalue weighted by Gasteiger charge is -2.26. The van der Waals surface area contributed by atoms with Gasteiger partial charge in [-0.15, -0.1) is 0 Å². The maximum Gasteiger partial charge on any atom is 0.161 e. The molecule has 0 spiro atoms. The van der Waals surface area contributed by atoms with Gasteiger partial charge in [0.15, 0.2) is 11.5 Å². The van der Waals surface area contributed by atoms with Crippen molar-refractivity contribution in [2.45, 2.75) is 12.5 Å². The average molecular weight is 285 g/mol. The number of phenols is 1. The highest BCUT2D eigenvalue weighted by molar-refractivity contribution is 5.40. The zero-order valence-electron chi connectivity index (χ0n) is 11.8. The Morgan fingerprint density at radius 3 is 2.62 bits per heavy atom. The molecule has 0 saturated heterocycles. The number of phenolic OH excluding ortho intramolecular Hbond substituents is 1. The molecule has 0 amide bonds. The van der Waals surface area contributed by atoms with Crippen LogP contribution >= 0.6 is 0 Å². The molecule has 2 aromatic rings. The second-order valence-corrected chi connectivity index (χ2v) is 5.12. The van der Waals surface area contributed by atoms with Crippen LogP contribution in [0.15, 0.2) is 48.5 Å². The SMILES string of the molecule is Oc1ccc(CCNCC2COc3ccccc3O2)cc1. The first-order valence-electron chi connectivity index (χ1n) is 7.18. The fourth-order valence-corrected chi connectivity index (χ4v) is 2.32. The molecule has 0 bridgehead atoms. The van der Waals surface area contributed by atoms with Crippen LogP contribution in [0.25, 0.3) is 0 Å². The summed E-state index contributed by atoms with van der Waals surface area (Å²) in [7, 11) is 0. The summed E-state index contributed by atoms with van der Waals surface area (Å²) in [4.78, 5) is 0. The maximum absolute atomic E-state index is 9.23. The van der Waals surface area contributed by atoms with Crippen molar-refractivity contribution in [1.29, 1.82) is 0 Å². The molecule has 2 aromatic carbocycles. The number of rotatable bonds is 5. The largest absolute Gasteiger partial charge is 0.508 e. The summed E-state index contributed by atoms with van der Waals surface area (Å²) in [6.07, 6.45) is 0.962. The summed E-state index contributed by atoms with van der Waals surface area (Å²) < 4.78 is 11.6. The normalized spacial score (nSPS) is 16.7. The standard InChI is InChI=1S/C17H19NO3/c19-14-7-5-13(6-8-14)9-10-18-11-15-12-20-16-3-1-2-4-17(16)21-15/h1-8,15,18-19H,9-12H2. The van der Waals surface area contributed by atoms with E-state index in [1.807, 2.05) is 36.4 Å². The lowest BCUT2D eigenvalue weighted by molar-refractivity contribution is 0.0906. The van der Waals surface area contributed by atoms with E-state index in [1.165, 1.54) is 5.56 Å². The van der Waals surface area contributed by atoms with Gasteiger partial charge in [0.05, 0.1) is 0 Å². The Balaban J connectivity index is 1.41. The Morgan fingerprint density at radius 2 is 1.81 bits per heavy atom. The van der Waals surface area contributed by atoms with E-state index in [1.54, 1.807) is 12.1 Å². The van der Waals surface area contributed by atoms with Crippen LogP contribution in [0.2, 0.25) is 0 Å². The van der Waals surface area contributed by atoms with Gasteiger partial charge in [0.1, 0.15) is 18.5 Å². The van der Waals surface area contributed by atoms with E-state index in [-0.39, 0.29) is 6.10 Å². The first kappa shape index (κ1) is 13.8. The molecule has 1 aliphatic heterocycles. The molecule has 2 N–H and O–H groups in total. The molecule has 4 nitrogen and oxygen atoms in total. The van der Waals surface area contributed by atoms with Crippen molar-refractivity contribution >= 4 is 0 Å². The van der Waals surface area contributed by atoms with Crippen LogP contribution in [-0.4, -0.2) is 30.9 Å². The van der Waals surface area contributed by atoms with E-state index >= 15 is 0 Å². The van der Waals surface area contributed by atoms with Crippen LogP contribution in [0, 0.1) is 0 Å². The molecule has 0 aromatic heterocycles. The summed E-state index contributed by atoms with van der Waals surface area (Å²) in [5.74, 6) is 1.94. The van der Waals surface area contributed by atoms with E-state index in [4.69, 9.17) is 9.47 Å². The Hall–Kier alpha value is -2.20. The van der Waals surface area contributed by atoms with Crippen LogP contribution in [-0.2, 0) is 6.42 Å². The van der Waals surface area contributed by atoms with Gasteiger partial charge < -0.3 is 19.9 Å². The summed E-state index contributed by atoms with van der Waals surface area (Å²) in [5, 5.41) is 12.6. The molecule has 0 aliphatic carbocycles. The first-order chi connectivity index (χ1) is 10.3. The van der Waals surface area contributed by atoms with Gasteiger partial charge in [0.2, 0.25) is 0 Å². The van der Waals surface area contributed by atoms with Gasteiger partial charge in [-0.3, -0.25) is 0 Å². The Kier molecular flexibility index (Phi) is 4.26. The van der Waals surface area contributed by atoms with Crippen molar-refractivity contribution in [2.75, 3.05) is 19.7 Å². The smallest absolute Gasteiger partial charge is 0.161 e. The highest BCUT2D eigenvalue weighted by atomic mass is 16.6. The average Bonchev–Trinajstić information content (AvgIpc) is 2.53. The zero-order valence-corrected chi connectivity index (χ0v) is 11.8. The van der Waals surface area contributed by atoms with E-state index < -0.39 is 0 Å². The van der Waals surface area contributed by atoms with E-state index in [9.17, 15) is 5.11 Å². The summed E-state index contributed by atoms with van der Waals surface area (Å²) in [6.45, 7) is 2.20. The van der Waals surface area contributed by atoms with Gasteiger partial charge in [-0.05, 0) is 42.8 Å². The van der Waals surface area contributed by atoms with E-state index in [2.05, 4.69) is 5.32 Å². The fourth-order valence-electron chi connectivity index (χ4n) is 2.32. The van der Waals surface area contributed by atoms with Crippen molar-refractivity contribution in [3.8, 4) is 17.2 Å². The fraction of sp³-hybridized carbons (Fsp3) is 0.294. The van der Waals surface area contributed by atoms with Crippen molar-refractivity contribution in [1.82, 2.24) is 5.32 Å². The van der Waals surface area contributed by atoms with Crippen LogP contribution in [0.4, 0.5) is 0 Å². The van der Waals surface area contributed by atoms with Crippen LogP contribution < -0.4 is 14.8 Å². The van der Waals surface area contributed by atoms with Crippen molar-refractivity contribution in [3.05, 3.63) is 54.1 Å². The maximum atomic E-state index is 9.23. The molecule has 21 heavy (non-hydrogen) atoms. The third kappa shape index (κ3) is 3.67. The lowest BCUT2D eigenvalue weighted by atomic mass is 10.1. The van der Waals surface area contributed by atoms with Gasteiger partial charge in [-0.1, -0.05) is 24.3 Å². The van der Waals surface area contributed by atoms with Crippen molar-refractivity contribution < 1.29 is 14.6 Å². The molecule has 1 heterocycles. The molecule has 0 fully saturated rings. The third-order valence-corrected chi connectivity index (χ3v) is 3.47. The highest BCUT2D eigenvalue weighted by Crippen LogP contribution is 2.30. The monoisotopic (exact) mass is 285 g/mol. The second-order valence-electron chi connectivity index (χ2n) is 5.12. The van der Waals surface area contributed by atoms with Crippen molar-refractivity contribution in [2.24, 2.45) is 0 Å². The summed E-state index contributed by atoms with van der Waals surface area (Å²) in [5.41, 5.74) is 1.20. The molecule has 1 aliphatic rings. The van der Waals surface area contributed by atoms with Gasteiger partial charge >= 0.3 is 0 Å². The van der Waals surface area contributed by atoms with Gasteiger partial charge in [0.25, 0.3) is 0 Å². The minimum Gasteiger partial charge on any atom is -0.508 e. The molecule has 110 valence electrons. The van der Waals surface area contributed by atoms with Crippen molar-refractivity contribution in [3.63, 3.8) is 0 Å². The van der Waals surface area contributed by atoms with E-state index in [0.29, 0.717) is 12.4 Å². The Morgan fingerprint density at radius 1 is 1.05 bits per heavy atom. The summed E-state index contributed by atoms with van der Waals surface area (Å²) in [6, 6.07) is 15.0. The third-order valence-electron chi connectivity index (χ3n) is 3.47. The van der Waals surface area contributed by atoms with Crippen LogP contribution in [0.3, 0.4) is 0 Å². The van der Waals surface area contributed by atoms with Gasteiger partial charge in [0, 0.05) is 6.54 Å². The Labute approximate surface area is 124 Å². The van der Waals surface area contributed by atoms with Gasteiger partial charge in [-0.25, -0.2) is 0 Å². The Bertz CT molecular complexity index is 583. The number of ether oxygens (including phenoxy) is 2. The highest BCUT2D eigenvalue weighted by Gasteiger charge is 2.19. The number of hydrogen-bond donors (Lipinski definition) is 2. The molecule has 3 rings (SSSR count). The topological polar surface area (TPSA) is 50.7 Å². The number of aromatic hydroxyl groups is 1. The molecule has 1 unspecified atom stereocenters. The van der Waals surface area contributed by atoms with Crippen LogP contribution in [0.5, 0.6) is 17.2 Å². The number of nitrogens with one attached hydrogen (secondary N) is 1. The molecule has 1 atom stereocenters. The predicted molar refractivity (Wildman–Crippen MR) is 81.0 cm³/mol. The summed E-state index contributed by atoms with van der Waals surface area (Å²) >= 11 is 0. The number of benzene rings is 2. The quantitative estimate of drug-likeness (QED) is 0.828. The molecule has 0 saturated carbocycles. The predicted octanol–water partition coefficient (Wildman–Crippen LogP) is 2.36. The van der Waals surface area contributed by atoms with Crippen LogP contribution in [0.1, 0.15) is 5.56 Å². The second kappa shape index (κ2) is 6.50. The zero-order chi connectivity index (χ0) is 14.5. The minimum atomic E-state index is 0.0414. The molecular formula is C17H19NO3.